The average molecular weight is 445 g/mol. The number of nitrogens with zero attached hydrogens (tertiary/aromatic N) is 3. The van der Waals surface area contributed by atoms with Gasteiger partial charge in [-0.1, -0.05) is 30.3 Å². The number of imide groups is 1. The summed E-state index contributed by atoms with van der Waals surface area (Å²) in [6.45, 7) is 3.30. The van der Waals surface area contributed by atoms with Gasteiger partial charge in [-0.3, -0.25) is 14.6 Å². The van der Waals surface area contributed by atoms with Gasteiger partial charge in [0.15, 0.2) is 0 Å². The summed E-state index contributed by atoms with van der Waals surface area (Å²) in [7, 11) is 1.64. The van der Waals surface area contributed by atoms with Crippen LogP contribution in [0.1, 0.15) is 35.7 Å². The molecule has 170 valence electrons. The number of ether oxygens (including phenoxy) is 1. The Morgan fingerprint density at radius 1 is 1.00 bits per heavy atom. The zero-order valence-electron chi connectivity index (χ0n) is 18.8. The monoisotopic (exact) mass is 444 g/mol. The van der Waals surface area contributed by atoms with E-state index in [1.165, 1.54) is 17.7 Å². The number of fused-ring (bicyclic) bond motifs is 4. The molecule has 0 radical (unpaired) electrons. The van der Waals surface area contributed by atoms with Crippen LogP contribution in [0, 0.1) is 0 Å². The van der Waals surface area contributed by atoms with Gasteiger partial charge in [-0.15, -0.1) is 0 Å². The second kappa shape index (κ2) is 7.92. The molecule has 3 aromatic rings. The van der Waals surface area contributed by atoms with Gasteiger partial charge >= 0.3 is 6.03 Å². The molecule has 33 heavy (non-hydrogen) atoms. The van der Waals surface area contributed by atoms with Crippen molar-refractivity contribution in [2.45, 2.75) is 31.3 Å². The second-order valence-electron chi connectivity index (χ2n) is 9.19. The zero-order valence-corrected chi connectivity index (χ0v) is 18.8. The van der Waals surface area contributed by atoms with E-state index in [2.05, 4.69) is 22.0 Å². The third-order valence-electron chi connectivity index (χ3n) is 7.40. The minimum Gasteiger partial charge on any atom is -0.497 e. The highest BCUT2D eigenvalue weighted by atomic mass is 16.5. The molecule has 3 amide bonds. The van der Waals surface area contributed by atoms with Crippen molar-refractivity contribution in [2.75, 3.05) is 33.3 Å². The van der Waals surface area contributed by atoms with Crippen molar-refractivity contribution in [2.24, 2.45) is 0 Å². The lowest BCUT2D eigenvalue weighted by atomic mass is 9.89. The molecule has 3 aliphatic heterocycles. The van der Waals surface area contributed by atoms with Crippen LogP contribution in [0.3, 0.4) is 0 Å². The molecule has 6 rings (SSSR count). The van der Waals surface area contributed by atoms with Gasteiger partial charge in [-0.25, -0.2) is 4.79 Å². The maximum Gasteiger partial charge on any atom is 0.328 e. The van der Waals surface area contributed by atoms with Gasteiger partial charge in [0, 0.05) is 36.1 Å². The van der Waals surface area contributed by atoms with Crippen LogP contribution in [-0.2, 0) is 11.2 Å². The fraction of sp³-hybridized carbons (Fsp3) is 0.385. The number of rotatable bonds is 5. The van der Waals surface area contributed by atoms with E-state index in [0.717, 1.165) is 53.1 Å². The fourth-order valence-electron chi connectivity index (χ4n) is 5.72. The molecular formula is C26H28N4O3. The molecule has 1 N–H and O–H groups in total. The van der Waals surface area contributed by atoms with Crippen molar-refractivity contribution in [3.63, 3.8) is 0 Å². The molecular weight excluding hydrogens is 416 g/mol. The van der Waals surface area contributed by atoms with E-state index in [1.54, 1.807) is 12.0 Å². The lowest BCUT2D eigenvalue weighted by Gasteiger charge is -2.36. The van der Waals surface area contributed by atoms with Gasteiger partial charge < -0.3 is 14.6 Å². The van der Waals surface area contributed by atoms with Crippen LogP contribution in [0.2, 0.25) is 0 Å². The first-order valence-electron chi connectivity index (χ1n) is 11.7. The molecule has 2 aromatic carbocycles. The van der Waals surface area contributed by atoms with E-state index in [4.69, 9.17) is 4.74 Å². The molecule has 0 bridgehead atoms. The van der Waals surface area contributed by atoms with Crippen molar-refractivity contribution < 1.29 is 14.3 Å². The highest BCUT2D eigenvalue weighted by Crippen LogP contribution is 2.44. The largest absolute Gasteiger partial charge is 0.497 e. The first-order valence-corrected chi connectivity index (χ1v) is 11.7. The first kappa shape index (κ1) is 20.3. The minimum absolute atomic E-state index is 0.0753. The van der Waals surface area contributed by atoms with E-state index in [-0.39, 0.29) is 18.0 Å². The van der Waals surface area contributed by atoms with Crippen LogP contribution in [0.15, 0.2) is 48.5 Å². The number of aromatic amines is 1. The summed E-state index contributed by atoms with van der Waals surface area (Å²) in [5.41, 5.74) is 4.14. The standard InChI is InChI=1S/C26H28N4O3/c1-33-18-10-8-17(9-11-18)24-23-20(19-6-2-3-7-21(19)27-23)16-22-25(31)29(26(32)30(22)24)15-14-28-12-4-5-13-28/h2-3,6-11,22,24,27H,4-5,12-16H2,1H3/t22-,24-/m0/s1. The SMILES string of the molecule is COc1ccc([C@H]2c3[nH]c4ccccc4c3C[C@H]3C(=O)N(CCN4CCCC4)C(=O)N23)cc1. The van der Waals surface area contributed by atoms with Crippen molar-refractivity contribution in [1.82, 2.24) is 19.7 Å². The molecule has 4 heterocycles. The Morgan fingerprint density at radius 2 is 1.76 bits per heavy atom. The number of urea groups is 1. The Hall–Kier alpha value is -3.32. The molecule has 2 saturated heterocycles. The number of hydrogen-bond donors (Lipinski definition) is 1. The molecule has 0 aliphatic carbocycles. The number of aromatic nitrogens is 1. The van der Waals surface area contributed by atoms with Crippen LogP contribution in [0.4, 0.5) is 4.79 Å². The Kier molecular flexibility index (Phi) is 4.87. The van der Waals surface area contributed by atoms with Crippen molar-refractivity contribution in [3.05, 3.63) is 65.4 Å². The number of hydrogen-bond acceptors (Lipinski definition) is 4. The summed E-state index contributed by atoms with van der Waals surface area (Å²) in [5.74, 6) is 0.688. The Bertz CT molecular complexity index is 1210. The Morgan fingerprint density at radius 3 is 2.52 bits per heavy atom. The van der Waals surface area contributed by atoms with Gasteiger partial charge in [-0.05, 0) is 55.3 Å². The summed E-state index contributed by atoms with van der Waals surface area (Å²) < 4.78 is 5.34. The lowest BCUT2D eigenvalue weighted by Crippen LogP contribution is -2.44. The van der Waals surface area contributed by atoms with E-state index < -0.39 is 6.04 Å². The molecule has 0 unspecified atom stereocenters. The average Bonchev–Trinajstić information content (AvgIpc) is 3.55. The number of H-pyrrole nitrogens is 1. The Labute approximate surface area is 192 Å². The van der Waals surface area contributed by atoms with Crippen LogP contribution in [-0.4, -0.2) is 71.0 Å². The van der Waals surface area contributed by atoms with E-state index in [9.17, 15) is 9.59 Å². The van der Waals surface area contributed by atoms with Gasteiger partial charge in [-0.2, -0.15) is 0 Å². The summed E-state index contributed by atoms with van der Waals surface area (Å²) in [4.78, 5) is 36.4. The second-order valence-corrected chi connectivity index (χ2v) is 9.19. The third-order valence-corrected chi connectivity index (χ3v) is 7.40. The predicted molar refractivity (Wildman–Crippen MR) is 125 cm³/mol. The number of likely N-dealkylation sites (tertiary alicyclic amines) is 1. The number of carbonyl (C=O) groups excluding carboxylic acids is 2. The molecule has 7 nitrogen and oxygen atoms in total. The number of carbonyl (C=O) groups is 2. The summed E-state index contributed by atoms with van der Waals surface area (Å²) in [5, 5.41) is 1.13. The summed E-state index contributed by atoms with van der Waals surface area (Å²) in [6, 6.07) is 15.0. The van der Waals surface area contributed by atoms with Crippen molar-refractivity contribution in [3.8, 4) is 5.75 Å². The maximum atomic E-state index is 13.7. The minimum atomic E-state index is -0.477. The fourth-order valence-corrected chi connectivity index (χ4v) is 5.72. The summed E-state index contributed by atoms with van der Waals surface area (Å²) >= 11 is 0. The molecule has 2 atom stereocenters. The van der Waals surface area contributed by atoms with Crippen LogP contribution in [0.5, 0.6) is 5.75 Å². The van der Waals surface area contributed by atoms with E-state index in [1.807, 2.05) is 36.4 Å². The molecule has 3 aliphatic rings. The first-order chi connectivity index (χ1) is 16.2. The molecule has 2 fully saturated rings. The lowest BCUT2D eigenvalue weighted by molar-refractivity contribution is -0.128. The highest BCUT2D eigenvalue weighted by Gasteiger charge is 2.52. The van der Waals surface area contributed by atoms with Gasteiger partial charge in [0.05, 0.1) is 7.11 Å². The van der Waals surface area contributed by atoms with E-state index in [0.29, 0.717) is 13.0 Å². The van der Waals surface area contributed by atoms with Crippen molar-refractivity contribution >= 4 is 22.8 Å². The van der Waals surface area contributed by atoms with Crippen molar-refractivity contribution in [1.29, 1.82) is 0 Å². The van der Waals surface area contributed by atoms with Gasteiger partial charge in [0.2, 0.25) is 0 Å². The maximum absolute atomic E-state index is 13.7. The molecule has 1 aromatic heterocycles. The highest BCUT2D eigenvalue weighted by molar-refractivity contribution is 6.05. The van der Waals surface area contributed by atoms with Crippen LogP contribution < -0.4 is 4.74 Å². The number of methoxy groups -OCH3 is 1. The topological polar surface area (TPSA) is 68.9 Å². The van der Waals surface area contributed by atoms with Gasteiger partial charge in [0.1, 0.15) is 17.8 Å². The molecule has 7 heteroatoms. The van der Waals surface area contributed by atoms with Crippen LogP contribution in [0.25, 0.3) is 10.9 Å². The summed E-state index contributed by atoms with van der Waals surface area (Å²) in [6.07, 6.45) is 2.92. The molecule has 0 spiro atoms. The van der Waals surface area contributed by atoms with Crippen LogP contribution >= 0.6 is 0 Å². The quantitative estimate of drug-likeness (QED) is 0.611. The number of nitrogens with one attached hydrogen (secondary N) is 1. The third kappa shape index (κ3) is 3.22. The predicted octanol–water partition coefficient (Wildman–Crippen LogP) is 3.55. The smallest absolute Gasteiger partial charge is 0.328 e. The number of para-hydroxylation sites is 1. The normalized spacial score (nSPS) is 22.8. The zero-order chi connectivity index (χ0) is 22.5. The Balaban J connectivity index is 1.41. The number of benzene rings is 2. The van der Waals surface area contributed by atoms with Gasteiger partial charge in [0.25, 0.3) is 5.91 Å². The molecule has 0 saturated carbocycles. The number of amides is 3. The van der Waals surface area contributed by atoms with E-state index >= 15 is 0 Å².